The van der Waals surface area contributed by atoms with Crippen molar-refractivity contribution in [2.45, 2.75) is 32.1 Å². The molecular formula is C16H19NO3. The largest absolute Gasteiger partial charge is 0.495 e. The lowest BCUT2D eigenvalue weighted by Crippen LogP contribution is -2.16. The number of amides is 1. The number of hydrogen-bond donors (Lipinski definition) is 1. The number of carbonyl (C=O) groups excluding carboxylic acids is 1. The third kappa shape index (κ3) is 2.50. The van der Waals surface area contributed by atoms with E-state index in [1.165, 1.54) is 24.0 Å². The number of aryl methyl sites for hydroxylation is 2. The number of methoxy groups -OCH3 is 1. The number of ether oxygens (including phenoxy) is 2. The first-order valence-corrected chi connectivity index (χ1v) is 7.12. The highest BCUT2D eigenvalue weighted by Gasteiger charge is 2.19. The third-order valence-electron chi connectivity index (χ3n) is 3.84. The Labute approximate surface area is 118 Å². The first-order valence-electron chi connectivity index (χ1n) is 7.12. The second-order valence-corrected chi connectivity index (χ2v) is 5.19. The number of rotatable bonds is 3. The number of benzene rings is 1. The summed E-state index contributed by atoms with van der Waals surface area (Å²) >= 11 is 0. The van der Waals surface area contributed by atoms with Crippen molar-refractivity contribution in [1.29, 1.82) is 0 Å². The van der Waals surface area contributed by atoms with E-state index in [1.54, 1.807) is 7.11 Å². The molecule has 0 fully saturated rings. The highest BCUT2D eigenvalue weighted by atomic mass is 16.5. The van der Waals surface area contributed by atoms with Crippen molar-refractivity contribution in [2.24, 2.45) is 0 Å². The van der Waals surface area contributed by atoms with Gasteiger partial charge in [0, 0.05) is 6.42 Å². The summed E-state index contributed by atoms with van der Waals surface area (Å²) in [5, 5.41) is 2.90. The van der Waals surface area contributed by atoms with Crippen molar-refractivity contribution in [3.63, 3.8) is 0 Å². The Hall–Kier alpha value is -1.97. The van der Waals surface area contributed by atoms with E-state index in [0.29, 0.717) is 12.4 Å². The van der Waals surface area contributed by atoms with Crippen LogP contribution in [-0.4, -0.2) is 19.6 Å². The minimum Gasteiger partial charge on any atom is -0.495 e. The molecule has 0 bridgehead atoms. The molecule has 0 radical (unpaired) electrons. The molecule has 4 heteroatoms. The van der Waals surface area contributed by atoms with Gasteiger partial charge < -0.3 is 14.8 Å². The van der Waals surface area contributed by atoms with Crippen LogP contribution in [-0.2, 0) is 22.4 Å². The Morgan fingerprint density at radius 1 is 1.25 bits per heavy atom. The van der Waals surface area contributed by atoms with E-state index in [4.69, 9.17) is 9.47 Å². The van der Waals surface area contributed by atoms with Crippen molar-refractivity contribution in [1.82, 2.24) is 0 Å². The summed E-state index contributed by atoms with van der Waals surface area (Å²) in [5.74, 6) is 0.930. The van der Waals surface area contributed by atoms with Gasteiger partial charge in [0.2, 0.25) is 0 Å². The van der Waals surface area contributed by atoms with Gasteiger partial charge in [0.05, 0.1) is 19.4 Å². The Morgan fingerprint density at radius 2 is 2.00 bits per heavy atom. The fraction of sp³-hybridized carbons (Fsp3) is 0.438. The van der Waals surface area contributed by atoms with Gasteiger partial charge >= 0.3 is 0 Å². The van der Waals surface area contributed by atoms with Crippen LogP contribution >= 0.6 is 0 Å². The third-order valence-corrected chi connectivity index (χ3v) is 3.84. The SMILES string of the molecule is COc1cc2c(cc1NC(=O)C1=CCCO1)CCCC2. The molecule has 1 aliphatic carbocycles. The summed E-state index contributed by atoms with van der Waals surface area (Å²) in [6, 6.07) is 4.09. The molecule has 3 rings (SSSR count). The number of nitrogens with one attached hydrogen (secondary N) is 1. The molecule has 1 N–H and O–H groups in total. The maximum atomic E-state index is 12.1. The van der Waals surface area contributed by atoms with Gasteiger partial charge in [-0.3, -0.25) is 4.79 Å². The van der Waals surface area contributed by atoms with E-state index >= 15 is 0 Å². The van der Waals surface area contributed by atoms with Gasteiger partial charge in [0.1, 0.15) is 5.75 Å². The highest BCUT2D eigenvalue weighted by molar-refractivity contribution is 6.03. The zero-order valence-corrected chi connectivity index (χ0v) is 11.7. The summed E-state index contributed by atoms with van der Waals surface area (Å²) in [7, 11) is 1.63. The van der Waals surface area contributed by atoms with Gasteiger partial charge in [-0.15, -0.1) is 0 Å². The molecule has 1 amide bonds. The van der Waals surface area contributed by atoms with Gasteiger partial charge in [-0.05, 0) is 55.0 Å². The van der Waals surface area contributed by atoms with E-state index in [2.05, 4.69) is 5.32 Å². The minimum atomic E-state index is -0.198. The molecule has 20 heavy (non-hydrogen) atoms. The molecule has 0 aromatic heterocycles. The summed E-state index contributed by atoms with van der Waals surface area (Å²) in [5.41, 5.74) is 3.38. The van der Waals surface area contributed by atoms with Crippen LogP contribution in [0.4, 0.5) is 5.69 Å². The maximum Gasteiger partial charge on any atom is 0.290 e. The molecule has 2 aliphatic rings. The first kappa shape index (κ1) is 13.0. The smallest absolute Gasteiger partial charge is 0.290 e. The fourth-order valence-electron chi connectivity index (χ4n) is 2.79. The van der Waals surface area contributed by atoms with Crippen molar-refractivity contribution in [3.05, 3.63) is 35.1 Å². The standard InChI is InChI=1S/C16H19NO3/c1-19-15-10-12-6-3-2-5-11(12)9-13(15)17-16(18)14-7-4-8-20-14/h7,9-10H,2-6,8H2,1H3,(H,17,18). The lowest BCUT2D eigenvalue weighted by Gasteiger charge is -2.19. The molecular weight excluding hydrogens is 254 g/mol. The number of carbonyl (C=O) groups is 1. The molecule has 106 valence electrons. The van der Waals surface area contributed by atoms with E-state index in [0.717, 1.165) is 30.7 Å². The molecule has 0 atom stereocenters. The van der Waals surface area contributed by atoms with Crippen LogP contribution in [0.3, 0.4) is 0 Å². The van der Waals surface area contributed by atoms with Crippen molar-refractivity contribution >= 4 is 11.6 Å². The van der Waals surface area contributed by atoms with Gasteiger partial charge in [0.15, 0.2) is 5.76 Å². The van der Waals surface area contributed by atoms with Gasteiger partial charge in [-0.2, -0.15) is 0 Å². The molecule has 1 heterocycles. The Morgan fingerprint density at radius 3 is 2.65 bits per heavy atom. The van der Waals surface area contributed by atoms with Crippen LogP contribution in [0.15, 0.2) is 24.0 Å². The van der Waals surface area contributed by atoms with Crippen LogP contribution in [0, 0.1) is 0 Å². The monoisotopic (exact) mass is 273 g/mol. The van der Waals surface area contributed by atoms with E-state index in [-0.39, 0.29) is 5.91 Å². The van der Waals surface area contributed by atoms with E-state index < -0.39 is 0 Å². The van der Waals surface area contributed by atoms with Gasteiger partial charge in [0.25, 0.3) is 5.91 Å². The first-order chi connectivity index (χ1) is 9.78. The average Bonchev–Trinajstić information content (AvgIpc) is 3.01. The average molecular weight is 273 g/mol. The number of fused-ring (bicyclic) bond motifs is 1. The minimum absolute atomic E-state index is 0.198. The Kier molecular flexibility index (Phi) is 3.63. The highest BCUT2D eigenvalue weighted by Crippen LogP contribution is 2.33. The number of hydrogen-bond acceptors (Lipinski definition) is 3. The molecule has 1 aromatic rings. The molecule has 1 aliphatic heterocycles. The van der Waals surface area contributed by atoms with Crippen molar-refractivity contribution in [2.75, 3.05) is 19.0 Å². The Bertz CT molecular complexity index is 563. The predicted molar refractivity (Wildman–Crippen MR) is 76.9 cm³/mol. The normalized spacial score (nSPS) is 16.9. The van der Waals surface area contributed by atoms with Gasteiger partial charge in [-0.25, -0.2) is 0 Å². The van der Waals surface area contributed by atoms with Crippen LogP contribution in [0.2, 0.25) is 0 Å². The number of anilines is 1. The zero-order valence-electron chi connectivity index (χ0n) is 11.7. The van der Waals surface area contributed by atoms with Crippen LogP contribution in [0.25, 0.3) is 0 Å². The lowest BCUT2D eigenvalue weighted by atomic mass is 9.91. The molecule has 0 unspecified atom stereocenters. The van der Waals surface area contributed by atoms with Crippen LogP contribution < -0.4 is 10.1 Å². The summed E-state index contributed by atoms with van der Waals surface area (Å²) < 4.78 is 10.7. The predicted octanol–water partition coefficient (Wildman–Crippen LogP) is 2.82. The topological polar surface area (TPSA) is 47.6 Å². The molecule has 0 saturated carbocycles. The van der Waals surface area contributed by atoms with Crippen molar-refractivity contribution < 1.29 is 14.3 Å². The van der Waals surface area contributed by atoms with E-state index in [9.17, 15) is 4.79 Å². The summed E-state index contributed by atoms with van der Waals surface area (Å²) in [6.07, 6.45) is 7.21. The molecule has 4 nitrogen and oxygen atoms in total. The molecule has 0 spiro atoms. The van der Waals surface area contributed by atoms with Crippen LogP contribution in [0.1, 0.15) is 30.4 Å². The summed E-state index contributed by atoms with van der Waals surface area (Å²) in [4.78, 5) is 12.1. The van der Waals surface area contributed by atoms with Crippen LogP contribution in [0.5, 0.6) is 5.75 Å². The second-order valence-electron chi connectivity index (χ2n) is 5.19. The fourth-order valence-corrected chi connectivity index (χ4v) is 2.79. The van der Waals surface area contributed by atoms with Gasteiger partial charge in [-0.1, -0.05) is 0 Å². The zero-order chi connectivity index (χ0) is 13.9. The second kappa shape index (κ2) is 5.57. The van der Waals surface area contributed by atoms with Crippen molar-refractivity contribution in [3.8, 4) is 5.75 Å². The molecule has 0 saturated heterocycles. The lowest BCUT2D eigenvalue weighted by molar-refractivity contribution is -0.115. The maximum absolute atomic E-state index is 12.1. The molecule has 1 aromatic carbocycles. The summed E-state index contributed by atoms with van der Waals surface area (Å²) in [6.45, 7) is 0.587. The quantitative estimate of drug-likeness (QED) is 0.921. The Balaban J connectivity index is 1.86. The van der Waals surface area contributed by atoms with E-state index in [1.807, 2.05) is 18.2 Å².